The van der Waals surface area contributed by atoms with E-state index >= 15 is 0 Å². The van der Waals surface area contributed by atoms with Crippen molar-refractivity contribution in [3.05, 3.63) is 28.2 Å². The van der Waals surface area contributed by atoms with Crippen LogP contribution in [0, 0.1) is 0 Å². The van der Waals surface area contributed by atoms with Gasteiger partial charge in [0.05, 0.1) is 18.1 Å². The van der Waals surface area contributed by atoms with Gasteiger partial charge in [0.15, 0.2) is 6.61 Å². The van der Waals surface area contributed by atoms with Gasteiger partial charge in [-0.25, -0.2) is 0 Å². The first-order valence-corrected chi connectivity index (χ1v) is 6.78. The molecule has 7 heteroatoms. The Bertz CT molecular complexity index is 479. The van der Waals surface area contributed by atoms with Gasteiger partial charge in [-0.3, -0.25) is 9.59 Å². The third-order valence-corrected chi connectivity index (χ3v) is 2.76. The summed E-state index contributed by atoms with van der Waals surface area (Å²) in [5.41, 5.74) is 0. The first kappa shape index (κ1) is 16.6. The van der Waals surface area contributed by atoms with Crippen LogP contribution in [-0.2, 0) is 14.3 Å². The summed E-state index contributed by atoms with van der Waals surface area (Å²) in [6.07, 6.45) is 0.123. The molecule has 0 bridgehead atoms. The zero-order chi connectivity index (χ0) is 15.0. The van der Waals surface area contributed by atoms with Crippen molar-refractivity contribution in [1.82, 2.24) is 5.32 Å². The molecule has 1 amide bonds. The van der Waals surface area contributed by atoms with E-state index in [2.05, 4.69) is 5.32 Å². The van der Waals surface area contributed by atoms with Crippen LogP contribution in [0.3, 0.4) is 0 Å². The van der Waals surface area contributed by atoms with Gasteiger partial charge in [-0.1, -0.05) is 23.2 Å². The maximum absolute atomic E-state index is 11.5. The molecular weight excluding hydrogens is 305 g/mol. The summed E-state index contributed by atoms with van der Waals surface area (Å²) in [5.74, 6) is -0.378. The van der Waals surface area contributed by atoms with E-state index in [-0.39, 0.29) is 31.4 Å². The van der Waals surface area contributed by atoms with Gasteiger partial charge in [0.1, 0.15) is 5.75 Å². The molecule has 0 atom stereocenters. The molecule has 0 fully saturated rings. The number of esters is 1. The molecule has 0 unspecified atom stereocenters. The molecule has 0 heterocycles. The molecule has 0 aromatic heterocycles. The van der Waals surface area contributed by atoms with Crippen LogP contribution >= 0.6 is 23.2 Å². The van der Waals surface area contributed by atoms with E-state index in [0.717, 1.165) is 0 Å². The number of amides is 1. The van der Waals surface area contributed by atoms with Gasteiger partial charge in [0.2, 0.25) is 0 Å². The third kappa shape index (κ3) is 6.12. The smallest absolute Gasteiger partial charge is 0.307 e. The van der Waals surface area contributed by atoms with Crippen molar-refractivity contribution in [2.24, 2.45) is 0 Å². The Morgan fingerprint density at radius 1 is 1.30 bits per heavy atom. The van der Waals surface area contributed by atoms with E-state index in [9.17, 15) is 9.59 Å². The Labute approximate surface area is 127 Å². The van der Waals surface area contributed by atoms with Gasteiger partial charge in [0.25, 0.3) is 5.91 Å². The molecule has 0 aliphatic rings. The second kappa shape index (κ2) is 8.66. The monoisotopic (exact) mass is 319 g/mol. The molecule has 0 aliphatic heterocycles. The predicted octanol–water partition coefficient (Wildman–Crippen LogP) is 2.44. The minimum absolute atomic E-state index is 0.123. The van der Waals surface area contributed by atoms with E-state index in [4.69, 9.17) is 32.7 Å². The lowest BCUT2D eigenvalue weighted by molar-refractivity contribution is -0.143. The van der Waals surface area contributed by atoms with Crippen LogP contribution in [0.15, 0.2) is 18.2 Å². The van der Waals surface area contributed by atoms with Gasteiger partial charge >= 0.3 is 5.97 Å². The largest absolute Gasteiger partial charge is 0.482 e. The fraction of sp³-hybridized carbons (Fsp3) is 0.385. The summed E-state index contributed by atoms with van der Waals surface area (Å²) in [4.78, 5) is 22.5. The van der Waals surface area contributed by atoms with Crippen molar-refractivity contribution in [2.45, 2.75) is 13.3 Å². The topological polar surface area (TPSA) is 64.6 Å². The van der Waals surface area contributed by atoms with Gasteiger partial charge in [-0.15, -0.1) is 0 Å². The van der Waals surface area contributed by atoms with Crippen molar-refractivity contribution in [2.75, 3.05) is 19.8 Å². The Morgan fingerprint density at radius 3 is 2.75 bits per heavy atom. The van der Waals surface area contributed by atoms with Crippen molar-refractivity contribution in [3.63, 3.8) is 0 Å². The van der Waals surface area contributed by atoms with Crippen LogP contribution in [0.1, 0.15) is 13.3 Å². The first-order chi connectivity index (χ1) is 9.52. The standard InChI is InChI=1S/C13H15Cl2NO4/c1-2-19-13(18)5-6-16-12(17)8-20-11-7-9(14)3-4-10(11)15/h3-4,7H,2,5-6,8H2,1H3,(H,16,17). The van der Waals surface area contributed by atoms with E-state index in [1.807, 2.05) is 0 Å². The van der Waals surface area contributed by atoms with Crippen molar-refractivity contribution in [3.8, 4) is 5.75 Å². The van der Waals surface area contributed by atoms with Crippen molar-refractivity contribution >= 4 is 35.1 Å². The second-order valence-electron chi connectivity index (χ2n) is 3.77. The normalized spacial score (nSPS) is 9.95. The fourth-order valence-electron chi connectivity index (χ4n) is 1.32. The second-order valence-corrected chi connectivity index (χ2v) is 4.61. The van der Waals surface area contributed by atoms with Crippen LogP contribution in [0.25, 0.3) is 0 Å². The molecule has 1 rings (SSSR count). The zero-order valence-corrected chi connectivity index (χ0v) is 12.5. The minimum atomic E-state index is -0.356. The quantitative estimate of drug-likeness (QED) is 0.784. The van der Waals surface area contributed by atoms with Crippen molar-refractivity contribution < 1.29 is 19.1 Å². The molecule has 0 saturated heterocycles. The van der Waals surface area contributed by atoms with E-state index < -0.39 is 0 Å². The molecule has 110 valence electrons. The van der Waals surface area contributed by atoms with Crippen LogP contribution < -0.4 is 10.1 Å². The van der Waals surface area contributed by atoms with E-state index in [0.29, 0.717) is 22.4 Å². The molecule has 0 radical (unpaired) electrons. The summed E-state index contributed by atoms with van der Waals surface area (Å²) >= 11 is 11.7. The Morgan fingerprint density at radius 2 is 2.05 bits per heavy atom. The van der Waals surface area contributed by atoms with Gasteiger partial charge in [-0.05, 0) is 19.1 Å². The van der Waals surface area contributed by atoms with Crippen LogP contribution in [-0.4, -0.2) is 31.6 Å². The summed E-state index contributed by atoms with van der Waals surface area (Å²) in [5, 5.41) is 3.37. The Balaban J connectivity index is 2.29. The molecule has 0 spiro atoms. The molecule has 1 aromatic carbocycles. The number of nitrogens with one attached hydrogen (secondary N) is 1. The number of benzene rings is 1. The number of rotatable bonds is 7. The lowest BCUT2D eigenvalue weighted by Crippen LogP contribution is -2.31. The molecule has 0 saturated carbocycles. The number of hydrogen-bond donors (Lipinski definition) is 1. The van der Waals surface area contributed by atoms with Gasteiger partial charge in [-0.2, -0.15) is 0 Å². The maximum atomic E-state index is 11.5. The predicted molar refractivity (Wildman–Crippen MR) is 76.2 cm³/mol. The SMILES string of the molecule is CCOC(=O)CCNC(=O)COc1cc(Cl)ccc1Cl. The number of carbonyl (C=O) groups excluding carboxylic acids is 2. The van der Waals surface area contributed by atoms with Gasteiger partial charge < -0.3 is 14.8 Å². The molecule has 1 N–H and O–H groups in total. The fourth-order valence-corrected chi connectivity index (χ4v) is 1.65. The average molecular weight is 320 g/mol. The highest BCUT2D eigenvalue weighted by molar-refractivity contribution is 6.34. The van der Waals surface area contributed by atoms with Crippen molar-refractivity contribution in [1.29, 1.82) is 0 Å². The summed E-state index contributed by atoms with van der Waals surface area (Å²) in [6, 6.07) is 4.73. The zero-order valence-electron chi connectivity index (χ0n) is 10.9. The lowest BCUT2D eigenvalue weighted by Gasteiger charge is -2.09. The molecule has 20 heavy (non-hydrogen) atoms. The van der Waals surface area contributed by atoms with E-state index in [1.165, 1.54) is 6.07 Å². The summed E-state index contributed by atoms with van der Waals surface area (Å²) in [7, 11) is 0. The first-order valence-electron chi connectivity index (χ1n) is 6.03. The van der Waals surface area contributed by atoms with Gasteiger partial charge in [0, 0.05) is 17.6 Å². The number of ether oxygens (including phenoxy) is 2. The Kier molecular flexibility index (Phi) is 7.18. The van der Waals surface area contributed by atoms with E-state index in [1.54, 1.807) is 19.1 Å². The average Bonchev–Trinajstić information content (AvgIpc) is 2.40. The molecule has 0 aliphatic carbocycles. The molecular formula is C13H15Cl2NO4. The minimum Gasteiger partial charge on any atom is -0.482 e. The summed E-state index contributed by atoms with van der Waals surface area (Å²) < 4.78 is 9.97. The highest BCUT2D eigenvalue weighted by Gasteiger charge is 2.07. The molecule has 1 aromatic rings. The molecule has 5 nitrogen and oxygen atoms in total. The number of hydrogen-bond acceptors (Lipinski definition) is 4. The van der Waals surface area contributed by atoms with Crippen LogP contribution in [0.2, 0.25) is 10.0 Å². The summed E-state index contributed by atoms with van der Waals surface area (Å²) in [6.45, 7) is 2.04. The van der Waals surface area contributed by atoms with Crippen LogP contribution in [0.5, 0.6) is 5.75 Å². The van der Waals surface area contributed by atoms with Crippen LogP contribution in [0.4, 0.5) is 0 Å². The highest BCUT2D eigenvalue weighted by atomic mass is 35.5. The number of halogens is 2. The number of carbonyl (C=O) groups is 2. The highest BCUT2D eigenvalue weighted by Crippen LogP contribution is 2.27. The third-order valence-electron chi connectivity index (χ3n) is 2.21. The lowest BCUT2D eigenvalue weighted by atomic mass is 10.3. The Hall–Kier alpha value is -1.46. The maximum Gasteiger partial charge on any atom is 0.307 e.